The summed E-state index contributed by atoms with van der Waals surface area (Å²) in [6, 6.07) is 0. The van der Waals surface area contributed by atoms with E-state index in [1.54, 1.807) is 35.3 Å². The minimum atomic E-state index is -0.714. The molecule has 2 nitrogen and oxygen atoms in total. The van der Waals surface area contributed by atoms with Crippen molar-refractivity contribution < 1.29 is 9.90 Å². The molecule has 0 rings (SSSR count). The predicted octanol–water partition coefficient (Wildman–Crippen LogP) is 9.57. The summed E-state index contributed by atoms with van der Waals surface area (Å²) in [5, 5.41) is 10.2. The van der Waals surface area contributed by atoms with E-state index < -0.39 is 9.38 Å². The molecule has 0 fully saturated rings. The second kappa shape index (κ2) is 19.9. The molecule has 186 valence electrons. The number of carboxylic acids is 1. The van der Waals surface area contributed by atoms with Crippen molar-refractivity contribution in [1.29, 1.82) is 0 Å². The molecule has 31 heavy (non-hydrogen) atoms. The van der Waals surface area contributed by atoms with Gasteiger partial charge in [0, 0.05) is 0 Å². The minimum Gasteiger partial charge on any atom is -0.479 e. The number of carbonyl (C=O) groups is 1. The average molecular weight is 493 g/mol. The van der Waals surface area contributed by atoms with Gasteiger partial charge in [0.05, 0.1) is 0 Å². The van der Waals surface area contributed by atoms with Crippen molar-refractivity contribution >= 4 is 41.3 Å². The fourth-order valence-electron chi connectivity index (χ4n) is 3.42. The van der Waals surface area contributed by atoms with Crippen molar-refractivity contribution in [2.45, 2.75) is 122 Å². The molecule has 0 bridgehead atoms. The van der Waals surface area contributed by atoms with Gasteiger partial charge in [0.25, 0.3) is 0 Å². The molecule has 0 aliphatic heterocycles. The number of hydrogen-bond acceptors (Lipinski definition) is 4. The highest BCUT2D eigenvalue weighted by atomic mass is 32.3. The molecule has 0 aromatic heterocycles. The molecule has 0 aromatic carbocycles. The van der Waals surface area contributed by atoms with E-state index in [0.717, 1.165) is 54.3 Å². The molecule has 0 heterocycles. The van der Waals surface area contributed by atoms with Crippen LogP contribution in [-0.2, 0) is 4.79 Å². The lowest BCUT2D eigenvalue weighted by atomic mass is 10.1. The fraction of sp³-hybridized carbons (Fsp3) is 0.962. The first-order valence-corrected chi connectivity index (χ1v) is 15.8. The van der Waals surface area contributed by atoms with Crippen LogP contribution in [0, 0.1) is 17.8 Å². The summed E-state index contributed by atoms with van der Waals surface area (Å²) in [4.78, 5) is 12.4. The van der Waals surface area contributed by atoms with Gasteiger partial charge in [-0.15, -0.1) is 35.3 Å². The second-order valence-corrected chi connectivity index (χ2v) is 14.8. The molecule has 1 N–H and O–H groups in total. The molecule has 0 spiro atoms. The lowest BCUT2D eigenvalue weighted by molar-refractivity contribution is -0.135. The van der Waals surface area contributed by atoms with Gasteiger partial charge in [-0.2, -0.15) is 0 Å². The van der Waals surface area contributed by atoms with Crippen molar-refractivity contribution in [2.24, 2.45) is 17.8 Å². The molecule has 5 heteroatoms. The zero-order chi connectivity index (χ0) is 23.5. The van der Waals surface area contributed by atoms with E-state index in [0.29, 0.717) is 0 Å². The Balaban J connectivity index is 4.55. The van der Waals surface area contributed by atoms with E-state index in [2.05, 4.69) is 41.5 Å². The molecule has 0 aliphatic carbocycles. The maximum absolute atomic E-state index is 12.4. The first-order valence-electron chi connectivity index (χ1n) is 12.8. The number of hydrogen-bond donors (Lipinski definition) is 1. The van der Waals surface area contributed by atoms with E-state index in [1.807, 2.05) is 0 Å². The number of unbranched alkanes of at least 4 members (excludes halogenated alkanes) is 6. The Morgan fingerprint density at radius 2 is 0.871 bits per heavy atom. The Bertz CT molecular complexity index is 375. The van der Waals surface area contributed by atoms with E-state index in [1.165, 1.54) is 57.8 Å². The van der Waals surface area contributed by atoms with Gasteiger partial charge in [0.15, 0.2) is 0 Å². The van der Waals surface area contributed by atoms with Crippen LogP contribution in [0.4, 0.5) is 0 Å². The van der Waals surface area contributed by atoms with E-state index >= 15 is 0 Å². The third kappa shape index (κ3) is 18.6. The van der Waals surface area contributed by atoms with Crippen LogP contribution in [0.25, 0.3) is 0 Å². The molecule has 0 aliphatic rings. The van der Waals surface area contributed by atoms with Gasteiger partial charge in [0.1, 0.15) is 0 Å². The Kier molecular flexibility index (Phi) is 20.3. The summed E-state index contributed by atoms with van der Waals surface area (Å²) in [6.07, 6.45) is 14.7. The highest BCUT2D eigenvalue weighted by Gasteiger charge is 2.40. The molecule has 0 saturated heterocycles. The normalized spacial score (nSPS) is 12.4. The van der Waals surface area contributed by atoms with Gasteiger partial charge < -0.3 is 5.11 Å². The summed E-state index contributed by atoms with van der Waals surface area (Å²) in [5.74, 6) is 4.57. The van der Waals surface area contributed by atoms with Crippen LogP contribution in [0.3, 0.4) is 0 Å². The van der Waals surface area contributed by atoms with Gasteiger partial charge in [-0.05, 0) is 54.3 Å². The van der Waals surface area contributed by atoms with Gasteiger partial charge in [-0.1, -0.05) is 99.3 Å². The average Bonchev–Trinajstić information content (AvgIpc) is 2.68. The summed E-state index contributed by atoms with van der Waals surface area (Å²) >= 11 is 5.10. The van der Waals surface area contributed by atoms with Crippen LogP contribution in [0.2, 0.25) is 0 Å². The van der Waals surface area contributed by atoms with E-state index in [-0.39, 0.29) is 0 Å². The van der Waals surface area contributed by atoms with Crippen molar-refractivity contribution in [3.05, 3.63) is 0 Å². The van der Waals surface area contributed by atoms with Crippen LogP contribution >= 0.6 is 35.3 Å². The third-order valence-electron chi connectivity index (χ3n) is 5.42. The minimum absolute atomic E-state index is 0.626. The van der Waals surface area contributed by atoms with Gasteiger partial charge in [-0.25, -0.2) is 4.79 Å². The largest absolute Gasteiger partial charge is 0.479 e. The predicted molar refractivity (Wildman–Crippen MR) is 148 cm³/mol. The maximum Gasteiger partial charge on any atom is 0.340 e. The zero-order valence-corrected chi connectivity index (χ0v) is 23.9. The highest BCUT2D eigenvalue weighted by molar-refractivity contribution is 8.35. The Hall–Kier alpha value is 0.520. The molecule has 0 aromatic rings. The highest BCUT2D eigenvalue weighted by Crippen LogP contribution is 2.48. The molecule has 0 radical (unpaired) electrons. The smallest absolute Gasteiger partial charge is 0.340 e. The number of aliphatic carboxylic acids is 1. The van der Waals surface area contributed by atoms with Crippen LogP contribution in [-0.4, -0.2) is 31.7 Å². The quantitative estimate of drug-likeness (QED) is 0.120. The van der Waals surface area contributed by atoms with Crippen LogP contribution in [0.1, 0.15) is 119 Å². The number of thioether (sulfide) groups is 3. The second-order valence-electron chi connectivity index (χ2n) is 10.1. The topological polar surface area (TPSA) is 37.3 Å². The maximum atomic E-state index is 12.4. The third-order valence-corrected chi connectivity index (χ3v) is 10.7. The molecule has 0 amide bonds. The van der Waals surface area contributed by atoms with Gasteiger partial charge >= 0.3 is 5.97 Å². The van der Waals surface area contributed by atoms with E-state index in [9.17, 15) is 9.90 Å². The van der Waals surface area contributed by atoms with Crippen LogP contribution in [0.5, 0.6) is 0 Å². The summed E-state index contributed by atoms with van der Waals surface area (Å²) < 4.78 is -0.714. The number of carboxylic acid groups (broad SMARTS) is 1. The van der Waals surface area contributed by atoms with Crippen molar-refractivity contribution in [3.8, 4) is 0 Å². The standard InChI is InChI=1S/C26H52O2S3/c1-22(2)16-10-7-13-19-29-26(25(27)28,30-20-14-8-11-17-23(3)4)31-21-15-9-12-18-24(5)6/h22-24H,7-21H2,1-6H3,(H,27,28). The first-order chi connectivity index (χ1) is 14.7. The summed E-state index contributed by atoms with van der Waals surface area (Å²) in [5.41, 5.74) is 0. The monoisotopic (exact) mass is 492 g/mol. The first kappa shape index (κ1) is 31.5. The molecule has 0 atom stereocenters. The Morgan fingerprint density at radius 3 is 1.10 bits per heavy atom. The lowest BCUT2D eigenvalue weighted by Crippen LogP contribution is -2.29. The lowest BCUT2D eigenvalue weighted by Gasteiger charge is -2.28. The fourth-order valence-corrected chi connectivity index (χ4v) is 8.15. The zero-order valence-electron chi connectivity index (χ0n) is 21.4. The van der Waals surface area contributed by atoms with Gasteiger partial charge in [-0.3, -0.25) is 0 Å². The molecule has 0 unspecified atom stereocenters. The number of rotatable bonds is 22. The molecule has 0 saturated carbocycles. The van der Waals surface area contributed by atoms with Crippen LogP contribution < -0.4 is 0 Å². The van der Waals surface area contributed by atoms with E-state index in [4.69, 9.17) is 0 Å². The van der Waals surface area contributed by atoms with Crippen molar-refractivity contribution in [3.63, 3.8) is 0 Å². The van der Waals surface area contributed by atoms with Crippen molar-refractivity contribution in [1.82, 2.24) is 0 Å². The Labute approximate surface area is 207 Å². The molecular formula is C26H52O2S3. The summed E-state index contributed by atoms with van der Waals surface area (Å²) in [6.45, 7) is 13.7. The SMILES string of the molecule is CC(C)CCCCCSC(SCCCCCC(C)C)(SCCCCCC(C)C)C(=O)O. The summed E-state index contributed by atoms with van der Waals surface area (Å²) in [7, 11) is 0. The van der Waals surface area contributed by atoms with Crippen LogP contribution in [0.15, 0.2) is 0 Å². The Morgan fingerprint density at radius 1 is 0.581 bits per heavy atom. The molecular weight excluding hydrogens is 440 g/mol. The van der Waals surface area contributed by atoms with Gasteiger partial charge in [0.2, 0.25) is 3.41 Å². The van der Waals surface area contributed by atoms with Crippen molar-refractivity contribution in [2.75, 3.05) is 17.3 Å².